The molecule has 0 bridgehead atoms. The summed E-state index contributed by atoms with van der Waals surface area (Å²) < 4.78 is 22.8. The lowest BCUT2D eigenvalue weighted by atomic mass is 10.1. The summed E-state index contributed by atoms with van der Waals surface area (Å²) >= 11 is 0. The molecular formula is C21H24N2O4. The van der Waals surface area contributed by atoms with E-state index < -0.39 is 0 Å². The Hall–Kier alpha value is -2.89. The van der Waals surface area contributed by atoms with E-state index in [0.29, 0.717) is 23.0 Å². The standard InChI is InChI=1S/C21H24N2O4/c1-24-17-8-7-14(19(25-2)21(17)26-3)18-13-15-20(27-18)16(9-10-22-15)23-11-5-4-6-12-23/h7-10,13H,4-6,11-12H2,1-3H3. The van der Waals surface area contributed by atoms with Gasteiger partial charge in [0.2, 0.25) is 5.75 Å². The monoisotopic (exact) mass is 368 g/mol. The van der Waals surface area contributed by atoms with Gasteiger partial charge in [-0.15, -0.1) is 0 Å². The van der Waals surface area contributed by atoms with E-state index in [0.717, 1.165) is 35.4 Å². The molecule has 0 aliphatic carbocycles. The Morgan fingerprint density at radius 3 is 2.41 bits per heavy atom. The van der Waals surface area contributed by atoms with Crippen molar-refractivity contribution in [1.82, 2.24) is 4.98 Å². The molecule has 1 aliphatic heterocycles. The summed E-state index contributed by atoms with van der Waals surface area (Å²) in [7, 11) is 4.81. The number of fused-ring (bicyclic) bond motifs is 1. The van der Waals surface area contributed by atoms with Crippen LogP contribution in [0.4, 0.5) is 5.69 Å². The molecular weight excluding hydrogens is 344 g/mol. The number of hydrogen-bond donors (Lipinski definition) is 0. The number of rotatable bonds is 5. The molecule has 0 atom stereocenters. The third-order valence-corrected chi connectivity index (χ3v) is 5.06. The summed E-state index contributed by atoms with van der Waals surface area (Å²) in [6.07, 6.45) is 5.55. The van der Waals surface area contributed by atoms with Crippen LogP contribution < -0.4 is 19.1 Å². The molecule has 0 saturated carbocycles. The van der Waals surface area contributed by atoms with Gasteiger partial charge in [-0.25, -0.2) is 0 Å². The maximum atomic E-state index is 6.27. The third-order valence-electron chi connectivity index (χ3n) is 5.06. The minimum atomic E-state index is 0.544. The van der Waals surface area contributed by atoms with Gasteiger partial charge in [0.15, 0.2) is 17.1 Å². The second-order valence-corrected chi connectivity index (χ2v) is 6.58. The first-order chi connectivity index (χ1) is 13.3. The zero-order valence-electron chi connectivity index (χ0n) is 15.9. The van der Waals surface area contributed by atoms with E-state index in [1.54, 1.807) is 21.3 Å². The smallest absolute Gasteiger partial charge is 0.204 e. The lowest BCUT2D eigenvalue weighted by Crippen LogP contribution is -2.29. The van der Waals surface area contributed by atoms with Crippen LogP contribution >= 0.6 is 0 Å². The predicted molar refractivity (Wildman–Crippen MR) is 105 cm³/mol. The Kier molecular flexibility index (Phi) is 4.79. The number of methoxy groups -OCH3 is 3. The van der Waals surface area contributed by atoms with E-state index in [1.165, 1.54) is 19.3 Å². The second kappa shape index (κ2) is 7.39. The number of piperidine rings is 1. The molecule has 3 heterocycles. The first-order valence-corrected chi connectivity index (χ1v) is 9.19. The van der Waals surface area contributed by atoms with Crippen LogP contribution in [-0.2, 0) is 0 Å². The highest BCUT2D eigenvalue weighted by Gasteiger charge is 2.22. The summed E-state index contributed by atoms with van der Waals surface area (Å²) in [5, 5.41) is 0. The van der Waals surface area contributed by atoms with Crippen molar-refractivity contribution in [1.29, 1.82) is 0 Å². The molecule has 6 nitrogen and oxygen atoms in total. The zero-order chi connectivity index (χ0) is 18.8. The molecule has 0 amide bonds. The van der Waals surface area contributed by atoms with Gasteiger partial charge in [0.05, 0.1) is 32.6 Å². The van der Waals surface area contributed by atoms with E-state index in [9.17, 15) is 0 Å². The van der Waals surface area contributed by atoms with Crippen LogP contribution in [0.25, 0.3) is 22.4 Å². The van der Waals surface area contributed by atoms with Crippen LogP contribution in [0.5, 0.6) is 17.2 Å². The molecule has 3 aromatic rings. The summed E-state index contributed by atoms with van der Waals surface area (Å²) in [6, 6.07) is 7.75. The van der Waals surface area contributed by atoms with Crippen molar-refractivity contribution in [3.8, 4) is 28.6 Å². The molecule has 0 N–H and O–H groups in total. The quantitative estimate of drug-likeness (QED) is 0.660. The number of ether oxygens (including phenoxy) is 3. The summed E-state index contributed by atoms with van der Waals surface area (Å²) in [4.78, 5) is 6.88. The number of anilines is 1. The number of pyridine rings is 1. The average Bonchev–Trinajstić information content (AvgIpc) is 3.17. The lowest BCUT2D eigenvalue weighted by molar-refractivity contribution is 0.325. The third kappa shape index (κ3) is 3.05. The number of benzene rings is 1. The minimum absolute atomic E-state index is 0.544. The van der Waals surface area contributed by atoms with Crippen molar-refractivity contribution in [2.24, 2.45) is 0 Å². The van der Waals surface area contributed by atoms with E-state index in [4.69, 9.17) is 18.6 Å². The largest absolute Gasteiger partial charge is 0.493 e. The molecule has 6 heteroatoms. The van der Waals surface area contributed by atoms with Gasteiger partial charge in [-0.3, -0.25) is 4.98 Å². The molecule has 4 rings (SSSR count). The zero-order valence-corrected chi connectivity index (χ0v) is 15.9. The van der Waals surface area contributed by atoms with E-state index in [-0.39, 0.29) is 0 Å². The molecule has 1 saturated heterocycles. The van der Waals surface area contributed by atoms with Gasteiger partial charge >= 0.3 is 0 Å². The molecule has 1 aliphatic rings. The summed E-state index contributed by atoms with van der Waals surface area (Å²) in [5.41, 5.74) is 3.55. The molecule has 142 valence electrons. The molecule has 1 aromatic carbocycles. The SMILES string of the molecule is COc1ccc(-c2cc3nccc(N4CCCCC4)c3o2)c(OC)c1OC. The Morgan fingerprint density at radius 2 is 1.70 bits per heavy atom. The van der Waals surface area contributed by atoms with E-state index in [1.807, 2.05) is 30.5 Å². The van der Waals surface area contributed by atoms with Gasteiger partial charge in [-0.2, -0.15) is 0 Å². The van der Waals surface area contributed by atoms with Gasteiger partial charge in [0.1, 0.15) is 11.3 Å². The van der Waals surface area contributed by atoms with Crippen molar-refractivity contribution < 1.29 is 18.6 Å². The van der Waals surface area contributed by atoms with Crippen molar-refractivity contribution >= 4 is 16.8 Å². The van der Waals surface area contributed by atoms with E-state index >= 15 is 0 Å². The van der Waals surface area contributed by atoms with Crippen LogP contribution in [0.15, 0.2) is 34.9 Å². The normalized spacial score (nSPS) is 14.4. The van der Waals surface area contributed by atoms with Crippen molar-refractivity contribution in [2.75, 3.05) is 39.3 Å². The first-order valence-electron chi connectivity index (χ1n) is 9.19. The van der Waals surface area contributed by atoms with Gasteiger partial charge in [0.25, 0.3) is 0 Å². The molecule has 0 unspecified atom stereocenters. The Balaban J connectivity index is 1.83. The highest BCUT2D eigenvalue weighted by atomic mass is 16.5. The van der Waals surface area contributed by atoms with Crippen LogP contribution in [0.1, 0.15) is 19.3 Å². The number of hydrogen-bond acceptors (Lipinski definition) is 6. The number of aromatic nitrogens is 1. The first kappa shape index (κ1) is 17.5. The molecule has 0 spiro atoms. The molecule has 27 heavy (non-hydrogen) atoms. The Morgan fingerprint density at radius 1 is 0.926 bits per heavy atom. The minimum Gasteiger partial charge on any atom is -0.493 e. The second-order valence-electron chi connectivity index (χ2n) is 6.58. The highest BCUT2D eigenvalue weighted by Crippen LogP contribution is 2.45. The lowest BCUT2D eigenvalue weighted by Gasteiger charge is -2.28. The maximum Gasteiger partial charge on any atom is 0.204 e. The predicted octanol–water partition coefficient (Wildman–Crippen LogP) is 4.51. The van der Waals surface area contributed by atoms with Crippen LogP contribution in [0.3, 0.4) is 0 Å². The van der Waals surface area contributed by atoms with Crippen molar-refractivity contribution in [2.45, 2.75) is 19.3 Å². The molecule has 1 fully saturated rings. The van der Waals surface area contributed by atoms with Gasteiger partial charge in [-0.05, 0) is 37.5 Å². The molecule has 0 radical (unpaired) electrons. The van der Waals surface area contributed by atoms with Gasteiger partial charge in [-0.1, -0.05) is 0 Å². The fourth-order valence-electron chi connectivity index (χ4n) is 3.74. The van der Waals surface area contributed by atoms with Crippen LogP contribution in [0, 0.1) is 0 Å². The number of nitrogens with zero attached hydrogens (tertiary/aromatic N) is 2. The van der Waals surface area contributed by atoms with Crippen LogP contribution in [0.2, 0.25) is 0 Å². The highest BCUT2D eigenvalue weighted by molar-refractivity contribution is 5.90. The van der Waals surface area contributed by atoms with Crippen LogP contribution in [-0.4, -0.2) is 39.4 Å². The fourth-order valence-corrected chi connectivity index (χ4v) is 3.74. The maximum absolute atomic E-state index is 6.27. The molecule has 2 aromatic heterocycles. The Bertz CT molecular complexity index is 945. The fraction of sp³-hybridized carbons (Fsp3) is 0.381. The topological polar surface area (TPSA) is 57.0 Å². The van der Waals surface area contributed by atoms with Crippen molar-refractivity contribution in [3.63, 3.8) is 0 Å². The number of furan rings is 1. The Labute approximate surface area is 158 Å². The summed E-state index contributed by atoms with van der Waals surface area (Å²) in [6.45, 7) is 2.10. The average molecular weight is 368 g/mol. The summed E-state index contributed by atoms with van der Waals surface area (Å²) in [5.74, 6) is 2.43. The van der Waals surface area contributed by atoms with Crippen molar-refractivity contribution in [3.05, 3.63) is 30.5 Å². The van der Waals surface area contributed by atoms with Gasteiger partial charge < -0.3 is 23.5 Å². The van der Waals surface area contributed by atoms with Gasteiger partial charge in [0, 0.05) is 25.4 Å². The van der Waals surface area contributed by atoms with E-state index in [2.05, 4.69) is 9.88 Å².